The minimum atomic E-state index is -0.307. The van der Waals surface area contributed by atoms with E-state index in [0.717, 1.165) is 0 Å². The van der Waals surface area contributed by atoms with Crippen LogP contribution in [0.4, 0.5) is 0 Å². The van der Waals surface area contributed by atoms with Gasteiger partial charge in [-0.05, 0) is 18.4 Å². The lowest BCUT2D eigenvalue weighted by Gasteiger charge is -2.19. The van der Waals surface area contributed by atoms with Gasteiger partial charge in [-0.15, -0.1) is 11.3 Å². The van der Waals surface area contributed by atoms with Gasteiger partial charge < -0.3 is 15.4 Å². The Labute approximate surface area is 119 Å². The Morgan fingerprint density at radius 1 is 1.55 bits per heavy atom. The molecule has 0 aliphatic heterocycles. The number of aromatic nitrogens is 2. The lowest BCUT2D eigenvalue weighted by molar-refractivity contribution is 0.0900. The van der Waals surface area contributed by atoms with Gasteiger partial charge in [0.15, 0.2) is 0 Å². The summed E-state index contributed by atoms with van der Waals surface area (Å²) in [6.45, 7) is 5.45. The van der Waals surface area contributed by atoms with Gasteiger partial charge in [0.25, 0.3) is 11.5 Å². The van der Waals surface area contributed by atoms with Crippen molar-refractivity contribution in [2.45, 2.75) is 26.8 Å². The highest BCUT2D eigenvalue weighted by atomic mass is 32.1. The molecule has 2 aromatic heterocycles. The molecule has 1 atom stereocenters. The number of fused-ring (bicyclic) bond motifs is 1. The molecule has 2 rings (SSSR count). The number of aromatic amines is 1. The van der Waals surface area contributed by atoms with Gasteiger partial charge in [-0.25, -0.2) is 4.98 Å². The van der Waals surface area contributed by atoms with Crippen molar-refractivity contribution >= 4 is 27.5 Å². The first-order chi connectivity index (χ1) is 9.45. The van der Waals surface area contributed by atoms with Gasteiger partial charge in [0, 0.05) is 0 Å². The second-order valence-corrected chi connectivity index (χ2v) is 5.97. The number of aliphatic hydroxyl groups is 1. The SMILES string of the molecule is Cc1c(C(=O)N[C@H](CO)C(C)C)sc2nc[nH]c(=O)c12. The Hall–Kier alpha value is -1.73. The number of aryl methyl sites for hydroxylation is 1. The van der Waals surface area contributed by atoms with Crippen LogP contribution < -0.4 is 10.9 Å². The highest BCUT2D eigenvalue weighted by Crippen LogP contribution is 2.26. The quantitative estimate of drug-likeness (QED) is 0.785. The van der Waals surface area contributed by atoms with Gasteiger partial charge in [0.05, 0.1) is 29.2 Å². The van der Waals surface area contributed by atoms with Crippen LogP contribution in [0.1, 0.15) is 29.1 Å². The first-order valence-corrected chi connectivity index (χ1v) is 7.15. The van der Waals surface area contributed by atoms with Crippen LogP contribution in [0.15, 0.2) is 11.1 Å². The molecule has 0 saturated carbocycles. The van der Waals surface area contributed by atoms with E-state index in [-0.39, 0.29) is 30.0 Å². The fraction of sp³-hybridized carbons (Fsp3) is 0.462. The second kappa shape index (κ2) is 5.72. The molecule has 108 valence electrons. The van der Waals surface area contributed by atoms with Crippen LogP contribution in [0.25, 0.3) is 10.2 Å². The summed E-state index contributed by atoms with van der Waals surface area (Å²) in [6, 6.07) is -0.307. The van der Waals surface area contributed by atoms with Gasteiger partial charge >= 0.3 is 0 Å². The number of carbonyl (C=O) groups excluding carboxylic acids is 1. The molecular formula is C13H17N3O3S. The van der Waals surface area contributed by atoms with E-state index in [9.17, 15) is 14.7 Å². The average molecular weight is 295 g/mol. The molecule has 0 aliphatic rings. The van der Waals surface area contributed by atoms with Crippen molar-refractivity contribution in [1.82, 2.24) is 15.3 Å². The van der Waals surface area contributed by atoms with Crippen molar-refractivity contribution in [3.8, 4) is 0 Å². The Kier molecular flexibility index (Phi) is 4.20. The lowest BCUT2D eigenvalue weighted by atomic mass is 10.1. The molecule has 2 aromatic rings. The highest BCUT2D eigenvalue weighted by Gasteiger charge is 2.21. The van der Waals surface area contributed by atoms with Crippen LogP contribution in [0.2, 0.25) is 0 Å². The van der Waals surface area contributed by atoms with Gasteiger partial charge in [0.2, 0.25) is 0 Å². The number of nitrogens with one attached hydrogen (secondary N) is 2. The summed E-state index contributed by atoms with van der Waals surface area (Å²) in [5.74, 6) is -0.155. The van der Waals surface area contributed by atoms with E-state index in [1.807, 2.05) is 13.8 Å². The number of thiophene rings is 1. The minimum Gasteiger partial charge on any atom is -0.394 e. The zero-order valence-corrected chi connectivity index (χ0v) is 12.4. The van der Waals surface area contributed by atoms with Crippen molar-refractivity contribution < 1.29 is 9.90 Å². The molecule has 0 fully saturated rings. The van der Waals surface area contributed by atoms with Crippen molar-refractivity contribution in [2.24, 2.45) is 5.92 Å². The number of H-pyrrole nitrogens is 1. The van der Waals surface area contributed by atoms with E-state index < -0.39 is 0 Å². The molecule has 7 heteroatoms. The largest absolute Gasteiger partial charge is 0.394 e. The van der Waals surface area contributed by atoms with Crippen LogP contribution in [-0.2, 0) is 0 Å². The Balaban J connectivity index is 2.38. The summed E-state index contributed by atoms with van der Waals surface area (Å²) in [5.41, 5.74) is 0.377. The lowest BCUT2D eigenvalue weighted by Crippen LogP contribution is -2.41. The molecular weight excluding hydrogens is 278 g/mol. The third kappa shape index (κ3) is 2.59. The summed E-state index contributed by atoms with van der Waals surface area (Å²) in [7, 11) is 0. The standard InChI is InChI=1S/C13H17N3O3S/c1-6(2)8(4-17)16-12(19)10-7(3)9-11(18)14-5-15-13(9)20-10/h5-6,8,17H,4H2,1-3H3,(H,16,19)(H,14,15,18)/t8-/m1/s1. The number of hydrogen-bond acceptors (Lipinski definition) is 5. The Morgan fingerprint density at radius 3 is 2.80 bits per heavy atom. The zero-order valence-electron chi connectivity index (χ0n) is 11.6. The number of nitrogens with zero attached hydrogens (tertiary/aromatic N) is 1. The van der Waals surface area contributed by atoms with Crippen LogP contribution in [-0.4, -0.2) is 33.6 Å². The van der Waals surface area contributed by atoms with E-state index >= 15 is 0 Å². The predicted molar refractivity (Wildman–Crippen MR) is 78.2 cm³/mol. The molecule has 0 aromatic carbocycles. The molecule has 0 saturated heterocycles. The molecule has 0 bridgehead atoms. The normalized spacial score (nSPS) is 12.8. The summed E-state index contributed by atoms with van der Waals surface area (Å²) in [6.07, 6.45) is 1.33. The molecule has 0 radical (unpaired) electrons. The average Bonchev–Trinajstić information content (AvgIpc) is 2.74. The van der Waals surface area contributed by atoms with Crippen molar-refractivity contribution in [3.63, 3.8) is 0 Å². The Morgan fingerprint density at radius 2 is 2.25 bits per heavy atom. The van der Waals surface area contributed by atoms with Gasteiger partial charge in [0.1, 0.15) is 4.83 Å². The predicted octanol–water partition coefficient (Wildman–Crippen LogP) is 1.04. The number of hydrogen-bond donors (Lipinski definition) is 3. The van der Waals surface area contributed by atoms with Crippen LogP contribution in [0.5, 0.6) is 0 Å². The maximum atomic E-state index is 12.3. The molecule has 6 nitrogen and oxygen atoms in total. The van der Waals surface area contributed by atoms with Crippen LogP contribution in [0, 0.1) is 12.8 Å². The molecule has 0 spiro atoms. The summed E-state index contributed by atoms with van der Waals surface area (Å²) >= 11 is 1.19. The Bertz CT molecular complexity index is 690. The molecule has 0 aliphatic carbocycles. The number of amides is 1. The first-order valence-electron chi connectivity index (χ1n) is 6.34. The number of carbonyl (C=O) groups is 1. The summed E-state index contributed by atoms with van der Waals surface area (Å²) < 4.78 is 0. The van der Waals surface area contributed by atoms with E-state index in [4.69, 9.17) is 0 Å². The summed E-state index contributed by atoms with van der Waals surface area (Å²) in [5, 5.41) is 12.5. The minimum absolute atomic E-state index is 0.119. The molecule has 20 heavy (non-hydrogen) atoms. The zero-order chi connectivity index (χ0) is 14.9. The second-order valence-electron chi connectivity index (χ2n) is 4.97. The fourth-order valence-corrected chi connectivity index (χ4v) is 3.01. The number of aliphatic hydroxyl groups excluding tert-OH is 1. The van der Waals surface area contributed by atoms with Gasteiger partial charge in [-0.3, -0.25) is 9.59 Å². The fourth-order valence-electron chi connectivity index (χ4n) is 1.95. The van der Waals surface area contributed by atoms with E-state index in [2.05, 4.69) is 15.3 Å². The first kappa shape index (κ1) is 14.7. The topological polar surface area (TPSA) is 95.1 Å². The van der Waals surface area contributed by atoms with E-state index in [1.54, 1.807) is 6.92 Å². The highest BCUT2D eigenvalue weighted by molar-refractivity contribution is 7.20. The maximum Gasteiger partial charge on any atom is 0.262 e. The number of rotatable bonds is 4. The summed E-state index contributed by atoms with van der Waals surface area (Å²) in [4.78, 5) is 31.6. The third-order valence-corrected chi connectivity index (χ3v) is 4.46. The van der Waals surface area contributed by atoms with E-state index in [0.29, 0.717) is 20.7 Å². The smallest absolute Gasteiger partial charge is 0.262 e. The van der Waals surface area contributed by atoms with Crippen molar-refractivity contribution in [2.75, 3.05) is 6.61 Å². The molecule has 1 amide bonds. The van der Waals surface area contributed by atoms with E-state index in [1.165, 1.54) is 17.7 Å². The molecule has 2 heterocycles. The van der Waals surface area contributed by atoms with Crippen LogP contribution >= 0.6 is 11.3 Å². The van der Waals surface area contributed by atoms with Gasteiger partial charge in [-0.1, -0.05) is 13.8 Å². The maximum absolute atomic E-state index is 12.3. The van der Waals surface area contributed by atoms with Crippen molar-refractivity contribution in [1.29, 1.82) is 0 Å². The third-order valence-electron chi connectivity index (χ3n) is 3.26. The van der Waals surface area contributed by atoms with Gasteiger partial charge in [-0.2, -0.15) is 0 Å². The molecule has 0 unspecified atom stereocenters. The van der Waals surface area contributed by atoms with Crippen LogP contribution in [0.3, 0.4) is 0 Å². The molecule has 3 N–H and O–H groups in total. The van der Waals surface area contributed by atoms with Crippen molar-refractivity contribution in [3.05, 3.63) is 27.1 Å². The monoisotopic (exact) mass is 295 g/mol.